The summed E-state index contributed by atoms with van der Waals surface area (Å²) in [6.07, 6.45) is 12.1. The minimum absolute atomic E-state index is 0.200. The average molecular weight is 361 g/mol. The molecule has 1 aromatic carbocycles. The number of nitrogens with zero attached hydrogens (tertiary/aromatic N) is 5. The number of benzene rings is 1. The molecule has 1 amide bonds. The molecule has 1 aliphatic heterocycles. The van der Waals surface area contributed by atoms with Gasteiger partial charge in [0.15, 0.2) is 5.82 Å². The summed E-state index contributed by atoms with van der Waals surface area (Å²) in [6, 6.07) is 10.2. The Balaban J connectivity index is 1.45. The first-order chi connectivity index (χ1) is 13.3. The van der Waals surface area contributed by atoms with Crippen molar-refractivity contribution in [2.75, 3.05) is 13.1 Å². The molecule has 0 spiro atoms. The van der Waals surface area contributed by atoms with Crippen molar-refractivity contribution >= 4 is 5.91 Å². The molecule has 2 aromatic heterocycles. The van der Waals surface area contributed by atoms with E-state index in [1.54, 1.807) is 24.9 Å². The quantitative estimate of drug-likeness (QED) is 0.701. The van der Waals surface area contributed by atoms with E-state index in [4.69, 9.17) is 0 Å². The van der Waals surface area contributed by atoms with Gasteiger partial charge in [-0.05, 0) is 24.8 Å². The monoisotopic (exact) mass is 361 g/mol. The van der Waals surface area contributed by atoms with Gasteiger partial charge in [0.05, 0.1) is 5.69 Å². The molecule has 3 aromatic rings. The number of imidazole rings is 1. The fourth-order valence-electron chi connectivity index (χ4n) is 3.69. The third-order valence-corrected chi connectivity index (χ3v) is 5.09. The fourth-order valence-corrected chi connectivity index (χ4v) is 3.69. The zero-order valence-corrected chi connectivity index (χ0v) is 15.2. The molecule has 27 heavy (non-hydrogen) atoms. The summed E-state index contributed by atoms with van der Waals surface area (Å²) in [5.74, 6) is 1.22. The van der Waals surface area contributed by atoms with E-state index in [1.807, 2.05) is 33.9 Å². The molecule has 4 rings (SSSR count). The fraction of sp³-hybridized carbons (Fsp3) is 0.333. The zero-order chi connectivity index (χ0) is 18.5. The van der Waals surface area contributed by atoms with Crippen LogP contribution in [0, 0.1) is 0 Å². The van der Waals surface area contributed by atoms with Crippen molar-refractivity contribution in [1.82, 2.24) is 24.4 Å². The molecule has 0 radical (unpaired) electrons. The zero-order valence-electron chi connectivity index (χ0n) is 15.2. The van der Waals surface area contributed by atoms with E-state index in [1.165, 1.54) is 5.56 Å². The molecule has 6 heteroatoms. The molecule has 0 bridgehead atoms. The second-order valence-corrected chi connectivity index (χ2v) is 6.90. The summed E-state index contributed by atoms with van der Waals surface area (Å²) < 4.78 is 1.89. The Bertz CT molecular complexity index is 879. The number of aryl methyl sites for hydroxylation is 1. The molecule has 0 aliphatic carbocycles. The number of aromatic nitrogens is 4. The third-order valence-electron chi connectivity index (χ3n) is 5.09. The van der Waals surface area contributed by atoms with E-state index in [0.29, 0.717) is 13.0 Å². The normalized spacial score (nSPS) is 17.0. The number of hydrogen-bond donors (Lipinski definition) is 0. The van der Waals surface area contributed by atoms with Crippen molar-refractivity contribution in [3.8, 4) is 5.82 Å². The highest BCUT2D eigenvalue weighted by molar-refractivity contribution is 5.76. The van der Waals surface area contributed by atoms with E-state index in [2.05, 4.69) is 27.1 Å². The minimum atomic E-state index is 0.200. The van der Waals surface area contributed by atoms with Crippen LogP contribution in [0.3, 0.4) is 0 Å². The van der Waals surface area contributed by atoms with Crippen LogP contribution in [-0.4, -0.2) is 43.4 Å². The number of rotatable bonds is 5. The van der Waals surface area contributed by atoms with Crippen molar-refractivity contribution < 1.29 is 4.79 Å². The van der Waals surface area contributed by atoms with Crippen molar-refractivity contribution in [2.45, 2.75) is 31.6 Å². The Morgan fingerprint density at radius 2 is 1.96 bits per heavy atom. The van der Waals surface area contributed by atoms with Crippen LogP contribution in [0.5, 0.6) is 0 Å². The first-order valence-corrected chi connectivity index (χ1v) is 9.42. The molecule has 3 heterocycles. The summed E-state index contributed by atoms with van der Waals surface area (Å²) in [4.78, 5) is 27.9. The van der Waals surface area contributed by atoms with Crippen LogP contribution >= 0.6 is 0 Å². The van der Waals surface area contributed by atoms with Crippen molar-refractivity contribution in [3.63, 3.8) is 0 Å². The Labute approximate surface area is 158 Å². The highest BCUT2D eigenvalue weighted by Crippen LogP contribution is 2.29. The molecule has 0 unspecified atom stereocenters. The van der Waals surface area contributed by atoms with Gasteiger partial charge in [0.1, 0.15) is 6.33 Å². The Kier molecular flexibility index (Phi) is 5.23. The number of likely N-dealkylation sites (tertiary alicyclic amines) is 1. The van der Waals surface area contributed by atoms with Crippen molar-refractivity contribution in [1.29, 1.82) is 0 Å². The molecular formula is C21H23N5O. The second kappa shape index (κ2) is 8.12. The number of hydrogen-bond acceptors (Lipinski definition) is 4. The number of piperidine rings is 1. The van der Waals surface area contributed by atoms with E-state index < -0.39 is 0 Å². The molecule has 138 valence electrons. The van der Waals surface area contributed by atoms with Gasteiger partial charge >= 0.3 is 0 Å². The highest BCUT2D eigenvalue weighted by Gasteiger charge is 2.27. The van der Waals surface area contributed by atoms with Crippen molar-refractivity contribution in [2.24, 2.45) is 0 Å². The lowest BCUT2D eigenvalue weighted by atomic mass is 9.93. The van der Waals surface area contributed by atoms with Crippen LogP contribution in [-0.2, 0) is 11.2 Å². The summed E-state index contributed by atoms with van der Waals surface area (Å²) in [7, 11) is 0. The van der Waals surface area contributed by atoms with E-state index in [9.17, 15) is 4.79 Å². The predicted octanol–water partition coefficient (Wildman–Crippen LogP) is 3.00. The molecule has 6 nitrogen and oxygen atoms in total. The highest BCUT2D eigenvalue weighted by atomic mass is 16.2. The Morgan fingerprint density at radius 3 is 2.78 bits per heavy atom. The van der Waals surface area contributed by atoms with Crippen LogP contribution in [0.25, 0.3) is 5.82 Å². The van der Waals surface area contributed by atoms with Crippen LogP contribution < -0.4 is 0 Å². The van der Waals surface area contributed by atoms with Crippen LogP contribution in [0.2, 0.25) is 0 Å². The second-order valence-electron chi connectivity index (χ2n) is 6.90. The lowest BCUT2D eigenvalue weighted by molar-refractivity contribution is -0.132. The molecule has 1 atom stereocenters. The molecule has 1 aliphatic rings. The summed E-state index contributed by atoms with van der Waals surface area (Å²) in [5, 5.41) is 0. The largest absolute Gasteiger partial charge is 0.342 e. The Morgan fingerprint density at radius 1 is 1.11 bits per heavy atom. The van der Waals surface area contributed by atoms with Gasteiger partial charge in [0.25, 0.3) is 0 Å². The first-order valence-electron chi connectivity index (χ1n) is 9.42. The van der Waals surface area contributed by atoms with E-state index in [0.717, 1.165) is 37.3 Å². The number of carbonyl (C=O) groups is 1. The Hall–Kier alpha value is -3.02. The topological polar surface area (TPSA) is 63.9 Å². The van der Waals surface area contributed by atoms with Crippen LogP contribution in [0.4, 0.5) is 0 Å². The third kappa shape index (κ3) is 4.05. The van der Waals surface area contributed by atoms with Crippen LogP contribution in [0.1, 0.15) is 36.4 Å². The van der Waals surface area contributed by atoms with Crippen molar-refractivity contribution in [3.05, 3.63) is 72.7 Å². The standard InChI is InChI=1S/C21H23N5O/c27-19(9-8-17-5-2-1-3-6-17)25-13-4-7-18(15-25)20-21(24-11-10-23-20)26-14-12-22-16-26/h1-3,5-6,10-12,14,16,18H,4,7-9,13,15H2/t18-/m0/s1. The van der Waals surface area contributed by atoms with E-state index in [-0.39, 0.29) is 11.8 Å². The van der Waals surface area contributed by atoms with E-state index >= 15 is 0 Å². The smallest absolute Gasteiger partial charge is 0.222 e. The van der Waals surface area contributed by atoms with Gasteiger partial charge in [-0.3, -0.25) is 14.3 Å². The van der Waals surface area contributed by atoms with Gasteiger partial charge in [-0.1, -0.05) is 30.3 Å². The SMILES string of the molecule is O=C(CCc1ccccc1)N1CCC[C@H](c2nccnc2-n2ccnc2)C1. The summed E-state index contributed by atoms with van der Waals surface area (Å²) in [6.45, 7) is 1.53. The van der Waals surface area contributed by atoms with Gasteiger partial charge in [0.2, 0.25) is 5.91 Å². The average Bonchev–Trinajstić information content (AvgIpc) is 3.28. The van der Waals surface area contributed by atoms with Gasteiger partial charge < -0.3 is 4.90 Å². The molecule has 1 saturated heterocycles. The lowest BCUT2D eigenvalue weighted by Crippen LogP contribution is -2.39. The lowest BCUT2D eigenvalue weighted by Gasteiger charge is -2.33. The minimum Gasteiger partial charge on any atom is -0.342 e. The van der Waals surface area contributed by atoms with Gasteiger partial charge in [-0.25, -0.2) is 9.97 Å². The predicted molar refractivity (Wildman–Crippen MR) is 102 cm³/mol. The van der Waals surface area contributed by atoms with Gasteiger partial charge in [-0.15, -0.1) is 0 Å². The molecule has 0 saturated carbocycles. The first kappa shape index (κ1) is 17.4. The van der Waals surface area contributed by atoms with Gasteiger partial charge in [-0.2, -0.15) is 0 Å². The number of amides is 1. The molecule has 0 N–H and O–H groups in total. The maximum absolute atomic E-state index is 12.7. The summed E-state index contributed by atoms with van der Waals surface area (Å²) >= 11 is 0. The summed E-state index contributed by atoms with van der Waals surface area (Å²) in [5.41, 5.74) is 2.15. The maximum Gasteiger partial charge on any atom is 0.222 e. The van der Waals surface area contributed by atoms with Crippen LogP contribution in [0.15, 0.2) is 61.4 Å². The maximum atomic E-state index is 12.7. The van der Waals surface area contributed by atoms with Gasteiger partial charge in [0, 0.05) is 50.2 Å². The molecule has 1 fully saturated rings. The number of carbonyl (C=O) groups excluding carboxylic acids is 1. The molecular weight excluding hydrogens is 338 g/mol.